The molecule has 1 saturated heterocycles. The summed E-state index contributed by atoms with van der Waals surface area (Å²) in [6.45, 7) is 6.39. The van der Waals surface area contributed by atoms with Crippen molar-refractivity contribution in [3.8, 4) is 6.07 Å². The Kier molecular flexibility index (Phi) is 4.61. The number of hydrogen-bond acceptors (Lipinski definition) is 2. The summed E-state index contributed by atoms with van der Waals surface area (Å²) < 4.78 is 0. The summed E-state index contributed by atoms with van der Waals surface area (Å²) >= 11 is 0. The van der Waals surface area contributed by atoms with E-state index in [9.17, 15) is 5.26 Å². The Bertz CT molecular complexity index is 437. The van der Waals surface area contributed by atoms with Gasteiger partial charge in [-0.3, -0.25) is 4.90 Å². The van der Waals surface area contributed by atoms with Gasteiger partial charge in [0, 0.05) is 6.42 Å². The van der Waals surface area contributed by atoms with Crippen molar-refractivity contribution in [3.05, 3.63) is 35.4 Å². The summed E-state index contributed by atoms with van der Waals surface area (Å²) in [7, 11) is 0. The van der Waals surface area contributed by atoms with Gasteiger partial charge in [-0.1, -0.05) is 37.6 Å². The van der Waals surface area contributed by atoms with Crippen LogP contribution >= 0.6 is 0 Å². The molecule has 1 aromatic rings. The van der Waals surface area contributed by atoms with Crippen LogP contribution in [0.4, 0.5) is 0 Å². The Morgan fingerprint density at radius 3 is 2.21 bits per heavy atom. The van der Waals surface area contributed by atoms with Gasteiger partial charge in [-0.2, -0.15) is 5.26 Å². The van der Waals surface area contributed by atoms with Crippen LogP contribution in [0, 0.1) is 11.3 Å². The number of hydrogen-bond donors (Lipinski definition) is 0. The van der Waals surface area contributed by atoms with Crippen LogP contribution in [0.15, 0.2) is 24.3 Å². The minimum atomic E-state index is -0.353. The monoisotopic (exact) mass is 256 g/mol. The molecule has 1 aromatic carbocycles. The van der Waals surface area contributed by atoms with Gasteiger partial charge >= 0.3 is 0 Å². The molecule has 0 spiro atoms. The third-order valence-corrected chi connectivity index (χ3v) is 4.27. The first-order valence-corrected chi connectivity index (χ1v) is 7.42. The molecule has 1 atom stereocenters. The number of nitriles is 1. The zero-order chi connectivity index (χ0) is 13.7. The Labute approximate surface area is 117 Å². The molecular formula is C17H24N2. The van der Waals surface area contributed by atoms with E-state index in [2.05, 4.69) is 49.1 Å². The number of likely N-dealkylation sites (tertiary alicyclic amines) is 1. The van der Waals surface area contributed by atoms with Crippen molar-refractivity contribution in [2.75, 3.05) is 13.1 Å². The van der Waals surface area contributed by atoms with E-state index in [0.717, 1.165) is 25.9 Å². The summed E-state index contributed by atoms with van der Waals surface area (Å²) in [4.78, 5) is 2.37. The first-order chi connectivity index (χ1) is 9.18. The Morgan fingerprint density at radius 1 is 1.11 bits per heavy atom. The fraction of sp³-hybridized carbons (Fsp3) is 0.588. The zero-order valence-electron chi connectivity index (χ0n) is 12.2. The highest BCUT2D eigenvalue weighted by molar-refractivity contribution is 5.26. The molecule has 1 unspecified atom stereocenters. The summed E-state index contributed by atoms with van der Waals surface area (Å²) in [5.74, 6) is 0. The van der Waals surface area contributed by atoms with Crippen LogP contribution in [0.2, 0.25) is 0 Å². The van der Waals surface area contributed by atoms with Crippen molar-refractivity contribution in [3.63, 3.8) is 0 Å². The third-order valence-electron chi connectivity index (χ3n) is 4.27. The third kappa shape index (κ3) is 3.36. The van der Waals surface area contributed by atoms with E-state index >= 15 is 0 Å². The summed E-state index contributed by atoms with van der Waals surface area (Å²) in [5, 5.41) is 9.61. The van der Waals surface area contributed by atoms with Gasteiger partial charge in [-0.05, 0) is 50.4 Å². The van der Waals surface area contributed by atoms with Crippen LogP contribution in [0.1, 0.15) is 44.2 Å². The van der Waals surface area contributed by atoms with Crippen LogP contribution in [-0.4, -0.2) is 23.5 Å². The smallest absolute Gasteiger partial charge is 0.110 e. The zero-order valence-corrected chi connectivity index (χ0v) is 12.2. The lowest BCUT2D eigenvalue weighted by Crippen LogP contribution is -2.49. The molecule has 1 aliphatic rings. The average molecular weight is 256 g/mol. The maximum absolute atomic E-state index is 9.61. The van der Waals surface area contributed by atoms with Gasteiger partial charge in [0.2, 0.25) is 0 Å². The highest BCUT2D eigenvalue weighted by Gasteiger charge is 2.32. The van der Waals surface area contributed by atoms with Gasteiger partial charge in [0.1, 0.15) is 5.54 Å². The molecule has 1 fully saturated rings. The highest BCUT2D eigenvalue weighted by atomic mass is 15.2. The van der Waals surface area contributed by atoms with Gasteiger partial charge in [-0.15, -0.1) is 0 Å². The highest BCUT2D eigenvalue weighted by Crippen LogP contribution is 2.24. The van der Waals surface area contributed by atoms with Crippen molar-refractivity contribution in [2.24, 2.45) is 0 Å². The number of rotatable bonds is 4. The normalized spacial score (nSPS) is 19.6. The predicted molar refractivity (Wildman–Crippen MR) is 79.0 cm³/mol. The van der Waals surface area contributed by atoms with E-state index in [-0.39, 0.29) is 5.54 Å². The van der Waals surface area contributed by atoms with Crippen LogP contribution in [0.3, 0.4) is 0 Å². The standard InChI is InChI=1S/C17H24N2/c1-3-15-7-9-16(10-8-15)13-17(2,14-18)19-11-5-4-6-12-19/h7-10H,3-6,11-13H2,1-2H3. The second-order valence-corrected chi connectivity index (χ2v) is 5.78. The first kappa shape index (κ1) is 14.1. The van der Waals surface area contributed by atoms with Crippen molar-refractivity contribution in [1.29, 1.82) is 5.26 Å². The van der Waals surface area contributed by atoms with Gasteiger partial charge in [0.15, 0.2) is 0 Å². The number of benzene rings is 1. The predicted octanol–water partition coefficient (Wildman–Crippen LogP) is 3.56. The quantitative estimate of drug-likeness (QED) is 0.823. The average Bonchev–Trinajstić information content (AvgIpc) is 2.49. The maximum atomic E-state index is 9.61. The van der Waals surface area contributed by atoms with Crippen LogP contribution in [0.25, 0.3) is 0 Å². The molecular weight excluding hydrogens is 232 g/mol. The van der Waals surface area contributed by atoms with Crippen molar-refractivity contribution in [1.82, 2.24) is 4.90 Å². The van der Waals surface area contributed by atoms with E-state index in [4.69, 9.17) is 0 Å². The molecule has 0 N–H and O–H groups in total. The molecule has 0 saturated carbocycles. The van der Waals surface area contributed by atoms with Crippen LogP contribution in [0.5, 0.6) is 0 Å². The van der Waals surface area contributed by atoms with E-state index in [1.165, 1.54) is 30.4 Å². The summed E-state index contributed by atoms with van der Waals surface area (Å²) in [5.41, 5.74) is 2.28. The Hall–Kier alpha value is -1.33. The molecule has 0 amide bonds. The molecule has 0 aromatic heterocycles. The Morgan fingerprint density at radius 2 is 1.68 bits per heavy atom. The minimum Gasteiger partial charge on any atom is -0.285 e. The van der Waals surface area contributed by atoms with E-state index in [0.29, 0.717) is 0 Å². The van der Waals surface area contributed by atoms with Gasteiger partial charge < -0.3 is 0 Å². The van der Waals surface area contributed by atoms with Gasteiger partial charge in [0.05, 0.1) is 6.07 Å². The molecule has 2 nitrogen and oxygen atoms in total. The van der Waals surface area contributed by atoms with Crippen molar-refractivity contribution >= 4 is 0 Å². The summed E-state index contributed by atoms with van der Waals surface area (Å²) in [6, 6.07) is 11.3. The maximum Gasteiger partial charge on any atom is 0.110 e. The SMILES string of the molecule is CCc1ccc(CC(C)(C#N)N2CCCCC2)cc1. The number of piperidine rings is 1. The molecule has 0 bridgehead atoms. The Balaban J connectivity index is 2.10. The topological polar surface area (TPSA) is 27.0 Å². The fourth-order valence-corrected chi connectivity index (χ4v) is 2.90. The van der Waals surface area contributed by atoms with Crippen molar-refractivity contribution < 1.29 is 0 Å². The van der Waals surface area contributed by atoms with E-state index in [1.54, 1.807) is 0 Å². The van der Waals surface area contributed by atoms with Crippen molar-refractivity contribution in [2.45, 2.75) is 51.5 Å². The second kappa shape index (κ2) is 6.21. The molecule has 1 heterocycles. The molecule has 2 heteroatoms. The molecule has 0 aliphatic carbocycles. The largest absolute Gasteiger partial charge is 0.285 e. The molecule has 19 heavy (non-hydrogen) atoms. The number of aryl methyl sites for hydroxylation is 1. The lowest BCUT2D eigenvalue weighted by Gasteiger charge is -2.38. The first-order valence-electron chi connectivity index (χ1n) is 7.42. The van der Waals surface area contributed by atoms with Gasteiger partial charge in [0.25, 0.3) is 0 Å². The van der Waals surface area contributed by atoms with E-state index in [1.807, 2.05) is 0 Å². The molecule has 1 aliphatic heterocycles. The minimum absolute atomic E-state index is 0.353. The van der Waals surface area contributed by atoms with Crippen LogP contribution < -0.4 is 0 Å². The second-order valence-electron chi connectivity index (χ2n) is 5.78. The van der Waals surface area contributed by atoms with Crippen LogP contribution in [-0.2, 0) is 12.8 Å². The lowest BCUT2D eigenvalue weighted by atomic mass is 9.90. The molecule has 0 radical (unpaired) electrons. The van der Waals surface area contributed by atoms with Gasteiger partial charge in [-0.25, -0.2) is 0 Å². The fourth-order valence-electron chi connectivity index (χ4n) is 2.90. The summed E-state index contributed by atoms with van der Waals surface area (Å²) in [6.07, 6.45) is 5.66. The molecule has 2 rings (SSSR count). The molecule has 102 valence electrons. The number of nitrogens with zero attached hydrogens (tertiary/aromatic N) is 2. The lowest BCUT2D eigenvalue weighted by molar-refractivity contribution is 0.124. The van der Waals surface area contributed by atoms with E-state index < -0.39 is 0 Å².